The number of hydrogen-bond donors (Lipinski definition) is 0. The van der Waals surface area contributed by atoms with Crippen molar-refractivity contribution in [1.29, 1.82) is 0 Å². The fourth-order valence-corrected chi connectivity index (χ4v) is 0.878. The lowest BCUT2D eigenvalue weighted by atomic mass is 10.4. The number of aryl methyl sites for hydroxylation is 1. The molecule has 2 heterocycles. The molecule has 0 radical (unpaired) electrons. The molecule has 0 aliphatic carbocycles. The van der Waals surface area contributed by atoms with E-state index in [9.17, 15) is 0 Å². The molecule has 0 aliphatic heterocycles. The van der Waals surface area contributed by atoms with Crippen LogP contribution in [0.25, 0.3) is 5.52 Å². The first kappa shape index (κ1) is 5.34. The van der Waals surface area contributed by atoms with E-state index in [1.54, 1.807) is 17.0 Å². The average molecular weight is 134 g/mol. The first-order valence-corrected chi connectivity index (χ1v) is 2.99. The van der Waals surface area contributed by atoms with Crippen molar-refractivity contribution in [3.63, 3.8) is 0 Å². The van der Waals surface area contributed by atoms with E-state index in [-0.39, 0.29) is 0 Å². The molecule has 0 spiro atoms. The summed E-state index contributed by atoms with van der Waals surface area (Å²) in [5, 5.41) is 7.69. The van der Waals surface area contributed by atoms with E-state index < -0.39 is 0 Å². The molecule has 0 saturated carbocycles. The topological polar surface area (TPSA) is 43.1 Å². The van der Waals surface area contributed by atoms with Gasteiger partial charge in [0.15, 0.2) is 0 Å². The SMILES string of the molecule is Cc1nnn2cnccc12. The Balaban J connectivity index is 2.93. The second-order valence-corrected chi connectivity index (χ2v) is 2.08. The maximum atomic E-state index is 3.89. The first-order chi connectivity index (χ1) is 4.88. The van der Waals surface area contributed by atoms with Crippen molar-refractivity contribution in [2.45, 2.75) is 6.92 Å². The van der Waals surface area contributed by atoms with Crippen LogP contribution in [0.15, 0.2) is 18.6 Å². The predicted octanol–water partition coefficient (Wildman–Crippen LogP) is 0.433. The van der Waals surface area contributed by atoms with Gasteiger partial charge in [0.2, 0.25) is 0 Å². The zero-order valence-electron chi connectivity index (χ0n) is 5.52. The first-order valence-electron chi connectivity index (χ1n) is 2.99. The Morgan fingerprint density at radius 2 is 2.40 bits per heavy atom. The van der Waals surface area contributed by atoms with Gasteiger partial charge in [0.1, 0.15) is 6.33 Å². The molecule has 4 nitrogen and oxygen atoms in total. The predicted molar refractivity (Wildman–Crippen MR) is 35.5 cm³/mol. The Kier molecular flexibility index (Phi) is 0.943. The summed E-state index contributed by atoms with van der Waals surface area (Å²) in [4.78, 5) is 3.89. The summed E-state index contributed by atoms with van der Waals surface area (Å²) in [5.41, 5.74) is 1.94. The smallest absolute Gasteiger partial charge is 0.119 e. The van der Waals surface area contributed by atoms with Crippen LogP contribution in [0.4, 0.5) is 0 Å². The van der Waals surface area contributed by atoms with Crippen LogP contribution >= 0.6 is 0 Å². The Labute approximate surface area is 57.5 Å². The van der Waals surface area contributed by atoms with Gasteiger partial charge in [0.25, 0.3) is 0 Å². The summed E-state index contributed by atoms with van der Waals surface area (Å²) < 4.78 is 1.65. The summed E-state index contributed by atoms with van der Waals surface area (Å²) in [6.07, 6.45) is 3.36. The number of fused-ring (bicyclic) bond motifs is 1. The van der Waals surface area contributed by atoms with Gasteiger partial charge in [-0.05, 0) is 13.0 Å². The van der Waals surface area contributed by atoms with Gasteiger partial charge in [-0.2, -0.15) is 0 Å². The Bertz CT molecular complexity index is 351. The van der Waals surface area contributed by atoms with E-state index in [1.165, 1.54) is 0 Å². The Morgan fingerprint density at radius 3 is 3.20 bits per heavy atom. The minimum atomic E-state index is 0.933. The van der Waals surface area contributed by atoms with Gasteiger partial charge in [-0.3, -0.25) is 0 Å². The highest BCUT2D eigenvalue weighted by Gasteiger charge is 1.96. The van der Waals surface area contributed by atoms with Gasteiger partial charge in [0, 0.05) is 6.20 Å². The lowest BCUT2D eigenvalue weighted by Crippen LogP contribution is -1.86. The average Bonchev–Trinajstić information content (AvgIpc) is 2.34. The molecule has 2 aromatic heterocycles. The van der Waals surface area contributed by atoms with Gasteiger partial charge in [-0.25, -0.2) is 9.50 Å². The molecular formula is C6H6N4. The molecule has 0 bridgehead atoms. The molecule has 2 rings (SSSR count). The molecule has 0 unspecified atom stereocenters. The molecule has 0 saturated heterocycles. The van der Waals surface area contributed by atoms with Gasteiger partial charge in [-0.1, -0.05) is 5.21 Å². The Morgan fingerprint density at radius 1 is 1.50 bits per heavy atom. The fraction of sp³-hybridized carbons (Fsp3) is 0.167. The lowest BCUT2D eigenvalue weighted by Gasteiger charge is -1.86. The molecule has 0 atom stereocenters. The van der Waals surface area contributed by atoms with Crippen molar-refractivity contribution in [1.82, 2.24) is 19.8 Å². The quantitative estimate of drug-likeness (QED) is 0.524. The van der Waals surface area contributed by atoms with Crippen molar-refractivity contribution in [3.8, 4) is 0 Å². The molecule has 4 heteroatoms. The molecule has 50 valence electrons. The maximum absolute atomic E-state index is 3.89. The molecule has 0 amide bonds. The van der Waals surface area contributed by atoms with Crippen molar-refractivity contribution >= 4 is 5.52 Å². The summed E-state index contributed by atoms with van der Waals surface area (Å²) in [7, 11) is 0. The normalized spacial score (nSPS) is 10.5. The third-order valence-corrected chi connectivity index (χ3v) is 1.40. The molecule has 10 heavy (non-hydrogen) atoms. The fourth-order valence-electron chi connectivity index (χ4n) is 0.878. The van der Waals surface area contributed by atoms with Crippen LogP contribution in [0.1, 0.15) is 5.69 Å². The molecule has 0 aromatic carbocycles. The monoisotopic (exact) mass is 134 g/mol. The second-order valence-electron chi connectivity index (χ2n) is 2.08. The van der Waals surface area contributed by atoms with Crippen molar-refractivity contribution in [3.05, 3.63) is 24.3 Å². The van der Waals surface area contributed by atoms with E-state index >= 15 is 0 Å². The van der Waals surface area contributed by atoms with Crippen molar-refractivity contribution in [2.75, 3.05) is 0 Å². The highest BCUT2D eigenvalue weighted by Crippen LogP contribution is 2.01. The third-order valence-electron chi connectivity index (χ3n) is 1.40. The van der Waals surface area contributed by atoms with Crippen LogP contribution in [-0.4, -0.2) is 19.8 Å². The minimum absolute atomic E-state index is 0.933. The Hall–Kier alpha value is -1.45. The van der Waals surface area contributed by atoms with Crippen LogP contribution in [0.3, 0.4) is 0 Å². The summed E-state index contributed by atoms with van der Waals surface area (Å²) >= 11 is 0. The second kappa shape index (κ2) is 1.76. The van der Waals surface area contributed by atoms with E-state index in [0.29, 0.717) is 0 Å². The van der Waals surface area contributed by atoms with Gasteiger partial charge in [-0.15, -0.1) is 5.10 Å². The molecular weight excluding hydrogens is 128 g/mol. The van der Waals surface area contributed by atoms with Gasteiger partial charge >= 0.3 is 0 Å². The van der Waals surface area contributed by atoms with Gasteiger partial charge < -0.3 is 0 Å². The largest absolute Gasteiger partial charge is 0.245 e. The van der Waals surface area contributed by atoms with Crippen LogP contribution < -0.4 is 0 Å². The zero-order chi connectivity index (χ0) is 6.97. The van der Waals surface area contributed by atoms with Crippen molar-refractivity contribution < 1.29 is 0 Å². The minimum Gasteiger partial charge on any atom is -0.245 e. The molecule has 0 fully saturated rings. The summed E-state index contributed by atoms with van der Waals surface area (Å²) in [6.45, 7) is 1.92. The van der Waals surface area contributed by atoms with Crippen LogP contribution in [-0.2, 0) is 0 Å². The molecule has 0 N–H and O–H groups in total. The van der Waals surface area contributed by atoms with Crippen LogP contribution in [0.5, 0.6) is 0 Å². The van der Waals surface area contributed by atoms with Gasteiger partial charge in [0.05, 0.1) is 11.2 Å². The van der Waals surface area contributed by atoms with Crippen molar-refractivity contribution in [2.24, 2.45) is 0 Å². The number of nitrogens with zero attached hydrogens (tertiary/aromatic N) is 4. The number of rotatable bonds is 0. The van der Waals surface area contributed by atoms with E-state index in [4.69, 9.17) is 0 Å². The molecule has 0 aliphatic rings. The maximum Gasteiger partial charge on any atom is 0.119 e. The molecule has 2 aromatic rings. The number of hydrogen-bond acceptors (Lipinski definition) is 3. The highest BCUT2D eigenvalue weighted by molar-refractivity contribution is 5.47. The zero-order valence-corrected chi connectivity index (χ0v) is 5.52. The number of aromatic nitrogens is 4. The van der Waals surface area contributed by atoms with E-state index in [1.807, 2.05) is 13.0 Å². The highest BCUT2D eigenvalue weighted by atomic mass is 15.4. The van der Waals surface area contributed by atoms with E-state index in [0.717, 1.165) is 11.2 Å². The summed E-state index contributed by atoms with van der Waals surface area (Å²) in [6, 6.07) is 1.88. The summed E-state index contributed by atoms with van der Waals surface area (Å²) in [5.74, 6) is 0. The lowest BCUT2D eigenvalue weighted by molar-refractivity contribution is 0.830. The van der Waals surface area contributed by atoms with Crippen LogP contribution in [0, 0.1) is 6.92 Å². The standard InChI is InChI=1S/C6H6N4/c1-5-6-2-3-7-4-10(6)9-8-5/h2-4H,1H3. The van der Waals surface area contributed by atoms with Crippen LogP contribution in [0.2, 0.25) is 0 Å². The third kappa shape index (κ3) is 0.586. The van der Waals surface area contributed by atoms with E-state index in [2.05, 4.69) is 15.3 Å².